The van der Waals surface area contributed by atoms with Gasteiger partial charge in [-0.25, -0.2) is 8.78 Å². The molecule has 0 aliphatic rings. The van der Waals surface area contributed by atoms with Gasteiger partial charge in [0, 0.05) is 0 Å². The summed E-state index contributed by atoms with van der Waals surface area (Å²) in [6.45, 7) is 0. The van der Waals surface area contributed by atoms with E-state index >= 15 is 0 Å². The molecule has 1 N–H and O–H groups in total. The van der Waals surface area contributed by atoms with Crippen LogP contribution in [-0.2, 0) is 0 Å². The van der Waals surface area contributed by atoms with Gasteiger partial charge < -0.3 is 0 Å². The number of aromatic nitrogens is 4. The minimum Gasteiger partial charge on any atom is -0.290 e. The lowest BCUT2D eigenvalue weighted by Gasteiger charge is -1.96. The quantitative estimate of drug-likeness (QED) is 0.560. The van der Waals surface area contributed by atoms with E-state index in [0.29, 0.717) is 0 Å². The Labute approximate surface area is 119 Å². The number of hydrogen-bond donors (Lipinski definition) is 2. The van der Waals surface area contributed by atoms with Crippen LogP contribution in [0.3, 0.4) is 0 Å². The van der Waals surface area contributed by atoms with E-state index in [1.807, 2.05) is 0 Å². The molecular weight excluding hydrogens is 302 g/mol. The smallest absolute Gasteiger partial charge is 0.287 e. The second-order valence-corrected chi connectivity index (χ2v) is 4.38. The fourth-order valence-corrected chi connectivity index (χ4v) is 2.12. The van der Waals surface area contributed by atoms with Crippen LogP contribution in [0.4, 0.5) is 8.78 Å². The molecule has 2 heterocycles. The van der Waals surface area contributed by atoms with Crippen LogP contribution in [0.15, 0.2) is 28.0 Å². The first kappa shape index (κ1) is 13.4. The molecular formula is C12H6F2N4O2S. The summed E-state index contributed by atoms with van der Waals surface area (Å²) in [6, 6.07) is 1.94. The van der Waals surface area contributed by atoms with Crippen molar-refractivity contribution in [2.45, 2.75) is 0 Å². The van der Waals surface area contributed by atoms with Crippen molar-refractivity contribution in [3.05, 3.63) is 66.5 Å². The molecule has 0 fully saturated rings. The van der Waals surface area contributed by atoms with E-state index in [1.165, 1.54) is 5.41 Å². The molecule has 21 heavy (non-hydrogen) atoms. The fourth-order valence-electron chi connectivity index (χ4n) is 1.97. The standard InChI is InChI=1S/C12H6F2N4O2S/c13-6-1-5(3-21)2-7(14)8(6)9-10(19)17-12-15-4-16-18(12)11(9)20/h1-4,21H,(H,15,16,17,19). The summed E-state index contributed by atoms with van der Waals surface area (Å²) >= 11 is 3.80. The third-order valence-corrected chi connectivity index (χ3v) is 3.17. The zero-order valence-corrected chi connectivity index (χ0v) is 11.1. The van der Waals surface area contributed by atoms with E-state index in [2.05, 4.69) is 27.7 Å². The average molecular weight is 308 g/mol. The summed E-state index contributed by atoms with van der Waals surface area (Å²) in [7, 11) is 0. The van der Waals surface area contributed by atoms with Crippen molar-refractivity contribution in [1.82, 2.24) is 19.6 Å². The number of nitrogens with zero attached hydrogens (tertiary/aromatic N) is 3. The molecule has 0 saturated carbocycles. The van der Waals surface area contributed by atoms with Crippen LogP contribution in [0, 0.1) is 22.1 Å². The van der Waals surface area contributed by atoms with Crippen molar-refractivity contribution < 1.29 is 8.78 Å². The van der Waals surface area contributed by atoms with E-state index in [-0.39, 0.29) is 11.0 Å². The number of benzene rings is 1. The SMILES string of the molecule is O=c1[nH]c2ncnn2c(=O)c1=c1c(F)cc(=CS)cc1F. The second kappa shape index (κ2) is 4.77. The van der Waals surface area contributed by atoms with Gasteiger partial charge in [-0.2, -0.15) is 27.2 Å². The van der Waals surface area contributed by atoms with Gasteiger partial charge in [-0.3, -0.25) is 14.6 Å². The molecule has 0 atom stereocenters. The molecule has 2 aromatic heterocycles. The predicted octanol–water partition coefficient (Wildman–Crippen LogP) is -0.270. The van der Waals surface area contributed by atoms with E-state index < -0.39 is 33.2 Å². The first-order valence-electron chi connectivity index (χ1n) is 5.63. The molecule has 6 nitrogen and oxygen atoms in total. The highest BCUT2D eigenvalue weighted by atomic mass is 32.1. The van der Waals surface area contributed by atoms with Crippen LogP contribution < -0.4 is 16.3 Å². The van der Waals surface area contributed by atoms with Gasteiger partial charge in [0.15, 0.2) is 0 Å². The molecule has 0 radical (unpaired) electrons. The molecule has 0 saturated heterocycles. The molecule has 3 rings (SSSR count). The molecule has 0 unspecified atom stereocenters. The second-order valence-electron chi connectivity index (χ2n) is 4.12. The van der Waals surface area contributed by atoms with Crippen LogP contribution in [-0.4, -0.2) is 19.6 Å². The molecule has 0 amide bonds. The van der Waals surface area contributed by atoms with E-state index in [9.17, 15) is 18.4 Å². The predicted molar refractivity (Wildman–Crippen MR) is 72.6 cm³/mol. The first-order chi connectivity index (χ1) is 10.0. The maximum atomic E-state index is 14.0. The van der Waals surface area contributed by atoms with Crippen LogP contribution in [0.2, 0.25) is 0 Å². The molecule has 1 aromatic carbocycles. The third kappa shape index (κ3) is 2.02. The van der Waals surface area contributed by atoms with Gasteiger partial charge in [0.2, 0.25) is 5.78 Å². The maximum absolute atomic E-state index is 14.0. The average Bonchev–Trinajstić information content (AvgIpc) is 2.89. The molecule has 9 heteroatoms. The Morgan fingerprint density at radius 1 is 1.19 bits per heavy atom. The molecule has 0 spiro atoms. The summed E-state index contributed by atoms with van der Waals surface area (Å²) in [6.07, 6.45) is 1.04. The zero-order chi connectivity index (χ0) is 15.1. The Balaban J connectivity index is 2.74. The Hall–Kier alpha value is -2.55. The lowest BCUT2D eigenvalue weighted by molar-refractivity contribution is 0.566. The highest BCUT2D eigenvalue weighted by Gasteiger charge is 2.11. The number of nitrogens with one attached hydrogen (secondary N) is 1. The fraction of sp³-hybridized carbons (Fsp3) is 0. The monoisotopic (exact) mass is 308 g/mol. The Morgan fingerprint density at radius 3 is 2.48 bits per heavy atom. The van der Waals surface area contributed by atoms with Crippen molar-refractivity contribution in [1.29, 1.82) is 0 Å². The van der Waals surface area contributed by atoms with Crippen LogP contribution >= 0.6 is 12.6 Å². The first-order valence-corrected chi connectivity index (χ1v) is 6.14. The third-order valence-electron chi connectivity index (χ3n) is 2.87. The highest BCUT2D eigenvalue weighted by Crippen LogP contribution is 2.03. The topological polar surface area (TPSA) is 80.1 Å². The largest absolute Gasteiger partial charge is 0.290 e. The van der Waals surface area contributed by atoms with E-state index in [1.54, 1.807) is 0 Å². The normalized spacial score (nSPS) is 11.0. The van der Waals surface area contributed by atoms with Gasteiger partial charge in [0.05, 0.1) is 5.22 Å². The molecule has 0 aliphatic carbocycles. The molecule has 0 aliphatic heterocycles. The van der Waals surface area contributed by atoms with Gasteiger partial charge in [0.1, 0.15) is 23.2 Å². The van der Waals surface area contributed by atoms with Gasteiger partial charge in [0.25, 0.3) is 11.1 Å². The number of hydrogen-bond acceptors (Lipinski definition) is 5. The zero-order valence-electron chi connectivity index (χ0n) is 10.2. The van der Waals surface area contributed by atoms with E-state index in [0.717, 1.165) is 23.0 Å². The minimum absolute atomic E-state index is 0.102. The summed E-state index contributed by atoms with van der Waals surface area (Å²) in [5.74, 6) is -2.19. The van der Waals surface area contributed by atoms with Crippen LogP contribution in [0.1, 0.15) is 0 Å². The van der Waals surface area contributed by atoms with Gasteiger partial charge in [-0.1, -0.05) is 0 Å². The Bertz CT molecular complexity index is 1090. The van der Waals surface area contributed by atoms with Crippen molar-refractivity contribution in [2.24, 2.45) is 0 Å². The lowest BCUT2D eigenvalue weighted by atomic mass is 10.2. The summed E-state index contributed by atoms with van der Waals surface area (Å²) in [5.41, 5.74) is -1.90. The van der Waals surface area contributed by atoms with E-state index in [4.69, 9.17) is 0 Å². The maximum Gasteiger partial charge on any atom is 0.287 e. The van der Waals surface area contributed by atoms with Gasteiger partial charge in [-0.05, 0) is 22.8 Å². The molecule has 106 valence electrons. The van der Waals surface area contributed by atoms with Crippen LogP contribution in [0.5, 0.6) is 0 Å². The van der Waals surface area contributed by atoms with Crippen molar-refractivity contribution in [2.75, 3.05) is 0 Å². The highest BCUT2D eigenvalue weighted by molar-refractivity contribution is 7.88. The Morgan fingerprint density at radius 2 is 1.86 bits per heavy atom. The van der Waals surface area contributed by atoms with Gasteiger partial charge in [-0.15, -0.1) is 0 Å². The van der Waals surface area contributed by atoms with Crippen molar-refractivity contribution >= 4 is 23.8 Å². The number of H-pyrrole nitrogens is 1. The van der Waals surface area contributed by atoms with Crippen molar-refractivity contribution in [3.8, 4) is 0 Å². The molecule has 0 bridgehead atoms. The summed E-state index contributed by atoms with van der Waals surface area (Å²) in [4.78, 5) is 30.0. The van der Waals surface area contributed by atoms with Crippen LogP contribution in [0.25, 0.3) is 11.2 Å². The lowest BCUT2D eigenvalue weighted by Crippen LogP contribution is -2.27. The number of aromatic amines is 1. The number of rotatable bonds is 0. The molecule has 3 aromatic rings. The summed E-state index contributed by atoms with van der Waals surface area (Å²) < 4.78 is 28.8. The number of thiol groups is 1. The number of halogens is 2. The minimum atomic E-state index is -1.04. The summed E-state index contributed by atoms with van der Waals surface area (Å²) in [5, 5.41) is 3.58. The Kier molecular flexibility index (Phi) is 3.05. The number of fused-ring (bicyclic) bond motifs is 1. The van der Waals surface area contributed by atoms with Crippen molar-refractivity contribution in [3.63, 3.8) is 0 Å². The van der Waals surface area contributed by atoms with Gasteiger partial charge >= 0.3 is 0 Å².